The first-order valence-corrected chi connectivity index (χ1v) is 9.38. The lowest BCUT2D eigenvalue weighted by Gasteiger charge is -2.27. The number of rotatable bonds is 2. The van der Waals surface area contributed by atoms with Gasteiger partial charge in [0.1, 0.15) is 0 Å². The number of fused-ring (bicyclic) bond motifs is 3. The average Bonchev–Trinajstić information content (AvgIpc) is 3.07. The number of aliphatic imine (C=N–C) groups is 1. The molecule has 1 atom stereocenters. The van der Waals surface area contributed by atoms with E-state index in [0.717, 1.165) is 29.1 Å². The predicted octanol–water partition coefficient (Wildman–Crippen LogP) is 5.77. The Morgan fingerprint density at radius 1 is 0.852 bits per heavy atom. The third-order valence-electron chi connectivity index (χ3n) is 5.44. The van der Waals surface area contributed by atoms with Crippen LogP contribution in [0.5, 0.6) is 0 Å². The van der Waals surface area contributed by atoms with Crippen molar-refractivity contribution in [2.24, 2.45) is 4.99 Å². The Labute approximate surface area is 159 Å². The van der Waals surface area contributed by atoms with E-state index in [4.69, 9.17) is 9.98 Å². The molecule has 3 nitrogen and oxygen atoms in total. The van der Waals surface area contributed by atoms with Crippen molar-refractivity contribution in [1.29, 1.82) is 0 Å². The lowest BCUT2D eigenvalue weighted by atomic mass is 9.92. The summed E-state index contributed by atoms with van der Waals surface area (Å²) in [6.07, 6.45) is 0.862. The summed E-state index contributed by atoms with van der Waals surface area (Å²) < 4.78 is 2.30. The molecule has 1 unspecified atom stereocenters. The largest absolute Gasteiger partial charge is 0.300 e. The zero-order valence-corrected chi connectivity index (χ0v) is 15.6. The van der Waals surface area contributed by atoms with Gasteiger partial charge in [0, 0.05) is 6.42 Å². The first kappa shape index (κ1) is 16.0. The van der Waals surface area contributed by atoms with Crippen LogP contribution in [0.2, 0.25) is 0 Å². The number of para-hydroxylation sites is 2. The molecule has 0 aliphatic carbocycles. The Balaban J connectivity index is 1.74. The molecular formula is C24H21N3. The van der Waals surface area contributed by atoms with E-state index in [1.54, 1.807) is 0 Å². The van der Waals surface area contributed by atoms with Crippen LogP contribution in [0.1, 0.15) is 34.7 Å². The summed E-state index contributed by atoms with van der Waals surface area (Å²) in [6.45, 7) is 4.30. The van der Waals surface area contributed by atoms with Gasteiger partial charge in [0.2, 0.25) is 5.95 Å². The molecule has 0 fully saturated rings. The molecule has 1 aliphatic heterocycles. The first-order chi connectivity index (χ1) is 13.2. The van der Waals surface area contributed by atoms with Crippen LogP contribution in [0.15, 0.2) is 77.8 Å². The van der Waals surface area contributed by atoms with Crippen molar-refractivity contribution in [1.82, 2.24) is 9.55 Å². The Kier molecular flexibility index (Phi) is 3.68. The number of imidazole rings is 1. The minimum absolute atomic E-state index is 0.197. The van der Waals surface area contributed by atoms with E-state index in [1.165, 1.54) is 22.3 Å². The molecule has 0 saturated heterocycles. The van der Waals surface area contributed by atoms with Gasteiger partial charge in [0.25, 0.3) is 0 Å². The smallest absolute Gasteiger partial charge is 0.231 e. The second kappa shape index (κ2) is 6.20. The summed E-state index contributed by atoms with van der Waals surface area (Å²) >= 11 is 0. The van der Waals surface area contributed by atoms with E-state index in [1.807, 2.05) is 6.07 Å². The van der Waals surface area contributed by atoms with Crippen LogP contribution in [0.4, 0.5) is 5.95 Å². The zero-order chi connectivity index (χ0) is 18.4. The van der Waals surface area contributed by atoms with Crippen molar-refractivity contribution in [2.45, 2.75) is 26.3 Å². The molecule has 0 bridgehead atoms. The van der Waals surface area contributed by atoms with Crippen molar-refractivity contribution in [3.05, 3.63) is 95.1 Å². The molecule has 0 N–H and O–H groups in total. The van der Waals surface area contributed by atoms with E-state index >= 15 is 0 Å². The second-order valence-corrected chi connectivity index (χ2v) is 7.27. The SMILES string of the molecule is Cc1ccc(C2=Nc3nc4ccccc4n3C(c3ccccc3C)C2)cc1. The van der Waals surface area contributed by atoms with Crippen LogP contribution < -0.4 is 0 Å². The zero-order valence-electron chi connectivity index (χ0n) is 15.6. The van der Waals surface area contributed by atoms with Crippen LogP contribution in [0.25, 0.3) is 11.0 Å². The summed E-state index contributed by atoms with van der Waals surface area (Å²) in [7, 11) is 0. The van der Waals surface area contributed by atoms with Crippen LogP contribution in [-0.4, -0.2) is 15.3 Å². The van der Waals surface area contributed by atoms with Crippen molar-refractivity contribution in [3.63, 3.8) is 0 Å². The predicted molar refractivity (Wildman–Crippen MR) is 111 cm³/mol. The Morgan fingerprint density at radius 2 is 1.59 bits per heavy atom. The summed E-state index contributed by atoms with van der Waals surface area (Å²) in [6, 6.07) is 25.8. The van der Waals surface area contributed by atoms with Gasteiger partial charge >= 0.3 is 0 Å². The van der Waals surface area contributed by atoms with E-state index in [9.17, 15) is 0 Å². The lowest BCUT2D eigenvalue weighted by Crippen LogP contribution is -2.21. The van der Waals surface area contributed by atoms with Crippen LogP contribution in [0, 0.1) is 13.8 Å². The lowest BCUT2D eigenvalue weighted by molar-refractivity contribution is 0.609. The first-order valence-electron chi connectivity index (χ1n) is 9.38. The van der Waals surface area contributed by atoms with Crippen molar-refractivity contribution < 1.29 is 0 Å². The highest BCUT2D eigenvalue weighted by atomic mass is 15.2. The molecular weight excluding hydrogens is 330 g/mol. The minimum atomic E-state index is 0.197. The Morgan fingerprint density at radius 3 is 2.41 bits per heavy atom. The maximum Gasteiger partial charge on any atom is 0.231 e. The summed E-state index contributed by atoms with van der Waals surface area (Å²) in [5.41, 5.74) is 8.33. The number of hydrogen-bond donors (Lipinski definition) is 0. The molecule has 1 aromatic heterocycles. The molecule has 5 rings (SSSR count). The third-order valence-corrected chi connectivity index (χ3v) is 5.44. The molecule has 27 heavy (non-hydrogen) atoms. The molecule has 4 aromatic rings. The maximum absolute atomic E-state index is 4.96. The number of aromatic nitrogens is 2. The molecule has 1 aliphatic rings. The quantitative estimate of drug-likeness (QED) is 0.451. The van der Waals surface area contributed by atoms with Crippen molar-refractivity contribution in [2.75, 3.05) is 0 Å². The van der Waals surface area contributed by atoms with Gasteiger partial charge in [-0.1, -0.05) is 66.2 Å². The van der Waals surface area contributed by atoms with Gasteiger partial charge in [0.05, 0.1) is 22.8 Å². The second-order valence-electron chi connectivity index (χ2n) is 7.27. The molecule has 0 amide bonds. The molecule has 3 aromatic carbocycles. The molecule has 0 saturated carbocycles. The topological polar surface area (TPSA) is 30.2 Å². The Hall–Kier alpha value is -3.20. The fourth-order valence-electron chi connectivity index (χ4n) is 4.00. The molecule has 3 heteroatoms. The van der Waals surface area contributed by atoms with E-state index in [0.29, 0.717) is 0 Å². The number of aryl methyl sites for hydroxylation is 2. The fraction of sp³-hybridized carbons (Fsp3) is 0.167. The maximum atomic E-state index is 4.96. The highest BCUT2D eigenvalue weighted by Gasteiger charge is 2.28. The molecule has 0 spiro atoms. The summed E-state index contributed by atoms with van der Waals surface area (Å²) in [4.78, 5) is 9.78. The highest BCUT2D eigenvalue weighted by molar-refractivity contribution is 6.03. The molecule has 132 valence electrons. The molecule has 0 radical (unpaired) electrons. The van der Waals surface area contributed by atoms with Gasteiger partial charge in [-0.3, -0.25) is 0 Å². The highest BCUT2D eigenvalue weighted by Crippen LogP contribution is 2.38. The summed E-state index contributed by atoms with van der Waals surface area (Å²) in [5, 5.41) is 0. The minimum Gasteiger partial charge on any atom is -0.300 e. The number of hydrogen-bond acceptors (Lipinski definition) is 2. The average molecular weight is 351 g/mol. The van der Waals surface area contributed by atoms with E-state index < -0.39 is 0 Å². The van der Waals surface area contributed by atoms with E-state index in [-0.39, 0.29) is 6.04 Å². The Bertz CT molecular complexity index is 1170. The standard InChI is InChI=1S/C24H21N3/c1-16-11-13-18(14-12-16)21-15-23(19-8-4-3-7-17(19)2)27-22-10-6-5-9-20(22)25-24(27)26-21/h3-14,23H,15H2,1-2H3. The fourth-order valence-corrected chi connectivity index (χ4v) is 4.00. The van der Waals surface area contributed by atoms with Crippen LogP contribution in [0.3, 0.4) is 0 Å². The van der Waals surface area contributed by atoms with Crippen molar-refractivity contribution in [3.8, 4) is 0 Å². The van der Waals surface area contributed by atoms with Gasteiger partial charge in [-0.2, -0.15) is 0 Å². The normalized spacial score (nSPS) is 16.2. The van der Waals surface area contributed by atoms with Crippen LogP contribution in [-0.2, 0) is 0 Å². The van der Waals surface area contributed by atoms with Gasteiger partial charge in [-0.15, -0.1) is 0 Å². The van der Waals surface area contributed by atoms with E-state index in [2.05, 4.69) is 85.1 Å². The monoisotopic (exact) mass is 351 g/mol. The van der Waals surface area contributed by atoms with Gasteiger partial charge in [-0.05, 0) is 42.7 Å². The third kappa shape index (κ3) is 2.67. The number of nitrogens with zero attached hydrogens (tertiary/aromatic N) is 3. The summed E-state index contributed by atoms with van der Waals surface area (Å²) in [5.74, 6) is 0.797. The van der Waals surface area contributed by atoms with Crippen LogP contribution >= 0.6 is 0 Å². The molecule has 2 heterocycles. The number of benzene rings is 3. The van der Waals surface area contributed by atoms with Gasteiger partial charge < -0.3 is 4.57 Å². The van der Waals surface area contributed by atoms with Gasteiger partial charge in [0.15, 0.2) is 0 Å². The van der Waals surface area contributed by atoms with Gasteiger partial charge in [-0.25, -0.2) is 9.98 Å². The van der Waals surface area contributed by atoms with Crippen molar-refractivity contribution >= 4 is 22.7 Å².